The average Bonchev–Trinajstić information content (AvgIpc) is 2.64. The van der Waals surface area contributed by atoms with E-state index in [1.54, 1.807) is 17.4 Å². The zero-order chi connectivity index (χ0) is 10.8. The Balaban J connectivity index is 2.44. The molecule has 0 atom stereocenters. The minimum atomic E-state index is 0.622. The van der Waals surface area contributed by atoms with Gasteiger partial charge in [0.15, 0.2) is 5.13 Å². The molecule has 0 saturated heterocycles. The van der Waals surface area contributed by atoms with Crippen LogP contribution in [0.3, 0.4) is 0 Å². The summed E-state index contributed by atoms with van der Waals surface area (Å²) in [6.45, 7) is 0. The lowest BCUT2D eigenvalue weighted by molar-refractivity contribution is 1.36. The second-order valence-corrected chi connectivity index (χ2v) is 4.68. The van der Waals surface area contributed by atoms with E-state index < -0.39 is 0 Å². The molecule has 1 aromatic carbocycles. The first kappa shape index (κ1) is 10.7. The summed E-state index contributed by atoms with van der Waals surface area (Å²) in [5, 5.41) is 7.07. The molecule has 0 aliphatic rings. The van der Waals surface area contributed by atoms with Crippen LogP contribution in [-0.4, -0.2) is 12.0 Å². The van der Waals surface area contributed by atoms with E-state index in [2.05, 4.69) is 10.3 Å². The van der Waals surface area contributed by atoms with Gasteiger partial charge in [-0.3, -0.25) is 0 Å². The van der Waals surface area contributed by atoms with E-state index in [0.29, 0.717) is 10.0 Å². The lowest BCUT2D eigenvalue weighted by Gasteiger charge is -1.99. The molecular formula is C10H8Cl2N2S. The van der Waals surface area contributed by atoms with Gasteiger partial charge in [-0.1, -0.05) is 23.2 Å². The third-order valence-electron chi connectivity index (χ3n) is 1.88. The van der Waals surface area contributed by atoms with Crippen LogP contribution in [0.25, 0.3) is 11.3 Å². The lowest BCUT2D eigenvalue weighted by atomic mass is 10.2. The second-order valence-electron chi connectivity index (χ2n) is 2.95. The highest BCUT2D eigenvalue weighted by molar-refractivity contribution is 7.14. The number of hydrogen-bond donors (Lipinski definition) is 1. The van der Waals surface area contributed by atoms with Crippen molar-refractivity contribution in [1.82, 2.24) is 4.98 Å². The Morgan fingerprint density at radius 3 is 2.40 bits per heavy atom. The van der Waals surface area contributed by atoms with E-state index in [1.807, 2.05) is 24.6 Å². The van der Waals surface area contributed by atoms with Gasteiger partial charge in [-0.15, -0.1) is 11.3 Å². The summed E-state index contributed by atoms with van der Waals surface area (Å²) in [5.41, 5.74) is 1.82. The van der Waals surface area contributed by atoms with Crippen LogP contribution in [0, 0.1) is 0 Å². The molecule has 78 valence electrons. The Bertz CT molecular complexity index is 462. The van der Waals surface area contributed by atoms with Crippen LogP contribution >= 0.6 is 34.5 Å². The number of thiazole rings is 1. The van der Waals surface area contributed by atoms with E-state index >= 15 is 0 Å². The van der Waals surface area contributed by atoms with Crippen molar-refractivity contribution in [1.29, 1.82) is 0 Å². The van der Waals surface area contributed by atoms with E-state index in [1.165, 1.54) is 0 Å². The maximum absolute atomic E-state index is 5.92. The molecule has 0 saturated carbocycles. The van der Waals surface area contributed by atoms with Crippen molar-refractivity contribution in [3.63, 3.8) is 0 Å². The van der Waals surface area contributed by atoms with Gasteiger partial charge in [0.2, 0.25) is 0 Å². The predicted molar refractivity (Wildman–Crippen MR) is 67.1 cm³/mol. The van der Waals surface area contributed by atoms with Gasteiger partial charge in [0.25, 0.3) is 0 Å². The topological polar surface area (TPSA) is 24.9 Å². The van der Waals surface area contributed by atoms with Crippen molar-refractivity contribution in [3.8, 4) is 11.3 Å². The predicted octanol–water partition coefficient (Wildman–Crippen LogP) is 4.16. The maximum Gasteiger partial charge on any atom is 0.182 e. The van der Waals surface area contributed by atoms with Crippen LogP contribution in [0.2, 0.25) is 10.0 Å². The number of benzene rings is 1. The summed E-state index contributed by atoms with van der Waals surface area (Å²) in [7, 11) is 1.84. The summed E-state index contributed by atoms with van der Waals surface area (Å²) in [6.07, 6.45) is 0. The SMILES string of the molecule is CNc1nc(-c2cc(Cl)cc(Cl)c2)cs1. The van der Waals surface area contributed by atoms with Crippen LogP contribution in [-0.2, 0) is 0 Å². The summed E-state index contributed by atoms with van der Waals surface area (Å²) in [4.78, 5) is 4.37. The van der Waals surface area contributed by atoms with Gasteiger partial charge in [-0.2, -0.15) is 0 Å². The number of aromatic nitrogens is 1. The summed E-state index contributed by atoms with van der Waals surface area (Å²) >= 11 is 13.4. The number of nitrogens with one attached hydrogen (secondary N) is 1. The normalized spacial score (nSPS) is 10.3. The van der Waals surface area contributed by atoms with E-state index in [4.69, 9.17) is 23.2 Å². The van der Waals surface area contributed by atoms with Crippen LogP contribution in [0.4, 0.5) is 5.13 Å². The average molecular weight is 259 g/mol. The highest BCUT2D eigenvalue weighted by Crippen LogP contribution is 2.29. The molecule has 1 aromatic heterocycles. The second kappa shape index (κ2) is 4.39. The molecule has 5 heteroatoms. The Labute approximate surface area is 102 Å². The van der Waals surface area contributed by atoms with Crippen LogP contribution in [0.1, 0.15) is 0 Å². The van der Waals surface area contributed by atoms with Crippen molar-refractivity contribution >= 4 is 39.7 Å². The fourth-order valence-electron chi connectivity index (χ4n) is 1.22. The first-order valence-corrected chi connectivity index (χ1v) is 5.92. The molecule has 2 aromatic rings. The number of anilines is 1. The zero-order valence-electron chi connectivity index (χ0n) is 7.92. The molecule has 2 rings (SSSR count). The first-order valence-electron chi connectivity index (χ1n) is 4.29. The molecule has 0 spiro atoms. The molecule has 1 N–H and O–H groups in total. The minimum Gasteiger partial charge on any atom is -0.365 e. The van der Waals surface area contributed by atoms with Crippen molar-refractivity contribution in [2.75, 3.05) is 12.4 Å². The standard InChI is InChI=1S/C10H8Cl2N2S/c1-13-10-14-9(5-15-10)6-2-7(11)4-8(12)3-6/h2-5H,1H3,(H,13,14). The van der Waals surface area contributed by atoms with Gasteiger partial charge in [0.1, 0.15) is 0 Å². The third kappa shape index (κ3) is 2.43. The first-order chi connectivity index (χ1) is 7.19. The highest BCUT2D eigenvalue weighted by Gasteiger charge is 2.05. The molecule has 0 radical (unpaired) electrons. The number of halogens is 2. The monoisotopic (exact) mass is 258 g/mol. The number of rotatable bonds is 2. The van der Waals surface area contributed by atoms with Gasteiger partial charge in [-0.25, -0.2) is 4.98 Å². The molecule has 0 aliphatic carbocycles. The fraction of sp³-hybridized carbons (Fsp3) is 0.100. The third-order valence-corrected chi connectivity index (χ3v) is 3.17. The summed E-state index contributed by atoms with van der Waals surface area (Å²) in [6, 6.07) is 5.40. The number of hydrogen-bond acceptors (Lipinski definition) is 3. The van der Waals surface area contributed by atoms with E-state index in [0.717, 1.165) is 16.4 Å². The van der Waals surface area contributed by atoms with Gasteiger partial charge in [0.05, 0.1) is 5.69 Å². The Morgan fingerprint density at radius 2 is 1.87 bits per heavy atom. The summed E-state index contributed by atoms with van der Waals surface area (Å²) < 4.78 is 0. The van der Waals surface area contributed by atoms with E-state index in [9.17, 15) is 0 Å². The van der Waals surface area contributed by atoms with Crippen LogP contribution in [0.15, 0.2) is 23.6 Å². The van der Waals surface area contributed by atoms with Gasteiger partial charge in [0, 0.05) is 28.0 Å². The molecule has 15 heavy (non-hydrogen) atoms. The van der Waals surface area contributed by atoms with Crippen LogP contribution < -0.4 is 5.32 Å². The van der Waals surface area contributed by atoms with Crippen molar-refractivity contribution in [2.45, 2.75) is 0 Å². The largest absolute Gasteiger partial charge is 0.365 e. The van der Waals surface area contributed by atoms with Gasteiger partial charge < -0.3 is 5.32 Å². The van der Waals surface area contributed by atoms with Crippen molar-refractivity contribution in [3.05, 3.63) is 33.6 Å². The Hall–Kier alpha value is -0.770. The zero-order valence-corrected chi connectivity index (χ0v) is 10.2. The molecule has 0 amide bonds. The minimum absolute atomic E-state index is 0.622. The lowest BCUT2D eigenvalue weighted by Crippen LogP contribution is -1.86. The van der Waals surface area contributed by atoms with Crippen molar-refractivity contribution < 1.29 is 0 Å². The smallest absolute Gasteiger partial charge is 0.182 e. The number of nitrogens with zero attached hydrogens (tertiary/aromatic N) is 1. The Kier molecular flexibility index (Phi) is 3.14. The Morgan fingerprint density at radius 1 is 1.20 bits per heavy atom. The van der Waals surface area contributed by atoms with Gasteiger partial charge >= 0.3 is 0 Å². The quantitative estimate of drug-likeness (QED) is 0.875. The van der Waals surface area contributed by atoms with Crippen molar-refractivity contribution in [2.24, 2.45) is 0 Å². The molecule has 0 bridgehead atoms. The molecule has 0 unspecified atom stereocenters. The molecule has 1 heterocycles. The molecule has 0 aliphatic heterocycles. The fourth-order valence-corrected chi connectivity index (χ4v) is 2.43. The summed E-state index contributed by atoms with van der Waals surface area (Å²) in [5.74, 6) is 0. The highest BCUT2D eigenvalue weighted by atomic mass is 35.5. The molecule has 0 fully saturated rings. The molecular weight excluding hydrogens is 251 g/mol. The van der Waals surface area contributed by atoms with Crippen LogP contribution in [0.5, 0.6) is 0 Å². The molecule has 2 nitrogen and oxygen atoms in total. The van der Waals surface area contributed by atoms with Gasteiger partial charge in [-0.05, 0) is 18.2 Å². The maximum atomic E-state index is 5.92. The van der Waals surface area contributed by atoms with E-state index in [-0.39, 0.29) is 0 Å².